The molecule has 3 aromatic rings. The molecule has 0 bridgehead atoms. The molecule has 4 nitrogen and oxygen atoms in total. The average molecular weight is 264 g/mol. The van der Waals surface area contributed by atoms with Gasteiger partial charge in [0.05, 0.1) is 11.0 Å². The van der Waals surface area contributed by atoms with Crippen molar-refractivity contribution in [3.63, 3.8) is 0 Å². The quantitative estimate of drug-likeness (QED) is 0.678. The number of hydrogen-bond acceptors (Lipinski definition) is 3. The largest absolute Gasteiger partial charge is 0.280 e. The lowest BCUT2D eigenvalue weighted by Crippen LogP contribution is -2.12. The molecular weight excluding hydrogens is 248 g/mol. The summed E-state index contributed by atoms with van der Waals surface area (Å²) < 4.78 is 2.17. The third-order valence-corrected chi connectivity index (χ3v) is 4.04. The molecule has 0 radical (unpaired) electrons. The number of fused-ring (bicyclic) bond motifs is 2. The Balaban J connectivity index is 2.02. The van der Waals surface area contributed by atoms with Gasteiger partial charge in [0, 0.05) is 11.3 Å². The number of aryl methyl sites for hydroxylation is 2. The molecule has 1 aliphatic carbocycles. The van der Waals surface area contributed by atoms with Gasteiger partial charge in [-0.05, 0) is 44.7 Å². The van der Waals surface area contributed by atoms with Crippen molar-refractivity contribution in [1.29, 1.82) is 0 Å². The second kappa shape index (κ2) is 4.40. The normalized spacial score (nSPS) is 14.4. The molecule has 0 saturated heterocycles. The molecule has 0 aliphatic heterocycles. The molecule has 20 heavy (non-hydrogen) atoms. The van der Waals surface area contributed by atoms with Crippen molar-refractivity contribution in [2.24, 2.45) is 0 Å². The van der Waals surface area contributed by atoms with Gasteiger partial charge in [0.15, 0.2) is 0 Å². The molecule has 0 unspecified atom stereocenters. The molecule has 0 fully saturated rings. The first-order valence-electron chi connectivity index (χ1n) is 7.12. The van der Waals surface area contributed by atoms with Crippen molar-refractivity contribution >= 4 is 11.0 Å². The van der Waals surface area contributed by atoms with E-state index < -0.39 is 0 Å². The average Bonchev–Trinajstić information content (AvgIpc) is 2.82. The number of benzene rings is 1. The van der Waals surface area contributed by atoms with Gasteiger partial charge in [0.25, 0.3) is 0 Å². The first kappa shape index (κ1) is 11.6. The van der Waals surface area contributed by atoms with Crippen molar-refractivity contribution in [2.75, 3.05) is 0 Å². The van der Waals surface area contributed by atoms with Crippen LogP contribution in [0.2, 0.25) is 0 Å². The van der Waals surface area contributed by atoms with Gasteiger partial charge in [0.1, 0.15) is 18.0 Å². The van der Waals surface area contributed by atoms with Crippen LogP contribution >= 0.6 is 0 Å². The number of imidazole rings is 1. The lowest BCUT2D eigenvalue weighted by atomic mass is 9.96. The molecule has 0 N–H and O–H groups in total. The van der Waals surface area contributed by atoms with Crippen LogP contribution in [0.5, 0.6) is 0 Å². The lowest BCUT2D eigenvalue weighted by molar-refractivity contribution is 0.655. The minimum absolute atomic E-state index is 0.984. The van der Waals surface area contributed by atoms with E-state index in [1.807, 2.05) is 25.1 Å². The van der Waals surface area contributed by atoms with E-state index in [0.29, 0.717) is 0 Å². The second-order valence-electron chi connectivity index (χ2n) is 5.31. The monoisotopic (exact) mass is 264 g/mol. The van der Waals surface area contributed by atoms with Gasteiger partial charge in [-0.3, -0.25) is 4.57 Å². The molecule has 1 aromatic carbocycles. The fraction of sp³-hybridized carbons (Fsp3) is 0.312. The highest BCUT2D eigenvalue weighted by molar-refractivity contribution is 5.78. The Morgan fingerprint density at radius 3 is 2.85 bits per heavy atom. The summed E-state index contributed by atoms with van der Waals surface area (Å²) in [6, 6.07) is 8.22. The van der Waals surface area contributed by atoms with Crippen LogP contribution in [-0.2, 0) is 12.8 Å². The Labute approximate surface area is 117 Å². The third kappa shape index (κ3) is 1.64. The molecular formula is C16H16N4. The summed E-state index contributed by atoms with van der Waals surface area (Å²) in [7, 11) is 0. The topological polar surface area (TPSA) is 43.6 Å². The zero-order chi connectivity index (χ0) is 13.5. The van der Waals surface area contributed by atoms with Crippen molar-refractivity contribution in [1.82, 2.24) is 19.5 Å². The SMILES string of the molecule is Cc1nc2ccccc2n1-c1ncnc2c1CCCC2. The van der Waals surface area contributed by atoms with E-state index >= 15 is 0 Å². The molecule has 1 aliphatic rings. The highest BCUT2D eigenvalue weighted by atomic mass is 15.1. The molecule has 4 rings (SSSR count). The van der Waals surface area contributed by atoms with Crippen LogP contribution < -0.4 is 0 Å². The van der Waals surface area contributed by atoms with E-state index in [9.17, 15) is 0 Å². The van der Waals surface area contributed by atoms with Crippen LogP contribution in [0.3, 0.4) is 0 Å². The third-order valence-electron chi connectivity index (χ3n) is 4.04. The molecule has 2 aromatic heterocycles. The smallest absolute Gasteiger partial charge is 0.145 e. The second-order valence-corrected chi connectivity index (χ2v) is 5.31. The van der Waals surface area contributed by atoms with Crippen LogP contribution in [-0.4, -0.2) is 19.5 Å². The number of para-hydroxylation sites is 2. The summed E-state index contributed by atoms with van der Waals surface area (Å²) in [6.45, 7) is 2.04. The van der Waals surface area contributed by atoms with E-state index in [-0.39, 0.29) is 0 Å². The summed E-state index contributed by atoms with van der Waals surface area (Å²) in [5.41, 5.74) is 4.65. The van der Waals surface area contributed by atoms with Crippen LogP contribution in [0.25, 0.3) is 16.9 Å². The Morgan fingerprint density at radius 1 is 1.05 bits per heavy atom. The molecule has 4 heteroatoms. The first-order chi connectivity index (χ1) is 9.84. The zero-order valence-corrected chi connectivity index (χ0v) is 11.5. The number of rotatable bonds is 1. The van der Waals surface area contributed by atoms with Crippen LogP contribution in [0.1, 0.15) is 29.9 Å². The van der Waals surface area contributed by atoms with Crippen LogP contribution in [0.15, 0.2) is 30.6 Å². The van der Waals surface area contributed by atoms with Gasteiger partial charge in [-0.1, -0.05) is 12.1 Å². The Bertz CT molecular complexity index is 788. The van der Waals surface area contributed by atoms with Gasteiger partial charge in [-0.15, -0.1) is 0 Å². The maximum Gasteiger partial charge on any atom is 0.145 e. The van der Waals surface area contributed by atoms with Crippen molar-refractivity contribution < 1.29 is 0 Å². The van der Waals surface area contributed by atoms with E-state index in [0.717, 1.165) is 35.5 Å². The van der Waals surface area contributed by atoms with Gasteiger partial charge in [0.2, 0.25) is 0 Å². The van der Waals surface area contributed by atoms with Crippen molar-refractivity contribution in [2.45, 2.75) is 32.6 Å². The summed E-state index contributed by atoms with van der Waals surface area (Å²) in [4.78, 5) is 13.7. The van der Waals surface area contributed by atoms with E-state index in [1.165, 1.54) is 24.1 Å². The van der Waals surface area contributed by atoms with Crippen LogP contribution in [0.4, 0.5) is 0 Å². The number of hydrogen-bond donors (Lipinski definition) is 0. The molecule has 0 amide bonds. The zero-order valence-electron chi connectivity index (χ0n) is 11.5. The molecule has 100 valence electrons. The van der Waals surface area contributed by atoms with Crippen molar-refractivity contribution in [3.8, 4) is 5.82 Å². The van der Waals surface area contributed by atoms with E-state index in [2.05, 4.69) is 25.6 Å². The summed E-state index contributed by atoms with van der Waals surface area (Å²) in [5, 5.41) is 0. The van der Waals surface area contributed by atoms with Gasteiger partial charge in [-0.2, -0.15) is 0 Å². The fourth-order valence-corrected chi connectivity index (χ4v) is 3.11. The van der Waals surface area contributed by atoms with Gasteiger partial charge >= 0.3 is 0 Å². The maximum absolute atomic E-state index is 4.64. The highest BCUT2D eigenvalue weighted by Crippen LogP contribution is 2.27. The number of nitrogens with zero attached hydrogens (tertiary/aromatic N) is 4. The first-order valence-corrected chi connectivity index (χ1v) is 7.12. The number of aromatic nitrogens is 4. The minimum atomic E-state index is 0.984. The predicted octanol–water partition coefficient (Wildman–Crippen LogP) is 3.00. The summed E-state index contributed by atoms with van der Waals surface area (Å²) in [5.74, 6) is 2.00. The maximum atomic E-state index is 4.64. The van der Waals surface area contributed by atoms with Gasteiger partial charge < -0.3 is 0 Å². The van der Waals surface area contributed by atoms with Crippen LogP contribution in [0, 0.1) is 6.92 Å². The minimum Gasteiger partial charge on any atom is -0.280 e. The Morgan fingerprint density at radius 2 is 1.90 bits per heavy atom. The standard InChI is InChI=1S/C16H16N4/c1-11-19-14-8-4-5-9-15(14)20(11)16-12-6-2-3-7-13(12)17-10-18-16/h4-5,8-10H,2-3,6-7H2,1H3. The van der Waals surface area contributed by atoms with Crippen molar-refractivity contribution in [3.05, 3.63) is 47.7 Å². The fourth-order valence-electron chi connectivity index (χ4n) is 3.11. The molecule has 0 atom stereocenters. The Hall–Kier alpha value is -2.23. The highest BCUT2D eigenvalue weighted by Gasteiger charge is 2.19. The Kier molecular flexibility index (Phi) is 2.55. The van der Waals surface area contributed by atoms with E-state index in [4.69, 9.17) is 0 Å². The molecule has 2 heterocycles. The van der Waals surface area contributed by atoms with Gasteiger partial charge in [-0.25, -0.2) is 15.0 Å². The molecule has 0 saturated carbocycles. The summed E-state index contributed by atoms with van der Waals surface area (Å²) >= 11 is 0. The molecule has 0 spiro atoms. The lowest BCUT2D eigenvalue weighted by Gasteiger charge is -2.18. The predicted molar refractivity (Wildman–Crippen MR) is 78.0 cm³/mol. The van der Waals surface area contributed by atoms with E-state index in [1.54, 1.807) is 6.33 Å². The summed E-state index contributed by atoms with van der Waals surface area (Å²) in [6.07, 6.45) is 6.27.